The van der Waals surface area contributed by atoms with Crippen molar-refractivity contribution in [2.75, 3.05) is 6.54 Å². The SMILES string of the molecule is CCCNC(Cc1cc(C)cc(C)c1)c1cncc(C)c1. The van der Waals surface area contributed by atoms with E-state index in [1.165, 1.54) is 27.8 Å². The molecule has 112 valence electrons. The van der Waals surface area contributed by atoms with Crippen molar-refractivity contribution < 1.29 is 0 Å². The lowest BCUT2D eigenvalue weighted by atomic mass is 9.96. The molecule has 0 spiro atoms. The Morgan fingerprint density at radius 3 is 2.29 bits per heavy atom. The third-order valence-electron chi connectivity index (χ3n) is 3.66. The lowest BCUT2D eigenvalue weighted by Crippen LogP contribution is -2.24. The van der Waals surface area contributed by atoms with Crippen LogP contribution in [0.2, 0.25) is 0 Å². The van der Waals surface area contributed by atoms with Crippen LogP contribution in [0.5, 0.6) is 0 Å². The van der Waals surface area contributed by atoms with Crippen molar-refractivity contribution in [3.8, 4) is 0 Å². The van der Waals surface area contributed by atoms with E-state index in [9.17, 15) is 0 Å². The number of aryl methyl sites for hydroxylation is 3. The van der Waals surface area contributed by atoms with Crippen molar-refractivity contribution in [3.05, 3.63) is 64.5 Å². The molecule has 1 aromatic heterocycles. The van der Waals surface area contributed by atoms with Crippen LogP contribution >= 0.6 is 0 Å². The van der Waals surface area contributed by atoms with Crippen LogP contribution in [0.1, 0.15) is 47.2 Å². The van der Waals surface area contributed by atoms with E-state index in [2.05, 4.69) is 62.3 Å². The number of hydrogen-bond acceptors (Lipinski definition) is 2. The average Bonchev–Trinajstić information content (AvgIpc) is 2.42. The zero-order valence-corrected chi connectivity index (χ0v) is 13.6. The first-order valence-corrected chi connectivity index (χ1v) is 7.80. The van der Waals surface area contributed by atoms with E-state index >= 15 is 0 Å². The van der Waals surface area contributed by atoms with Gasteiger partial charge in [-0.3, -0.25) is 4.98 Å². The second kappa shape index (κ2) is 7.37. The van der Waals surface area contributed by atoms with E-state index in [0.717, 1.165) is 19.4 Å². The molecule has 1 N–H and O–H groups in total. The summed E-state index contributed by atoms with van der Waals surface area (Å²) in [4.78, 5) is 4.35. The second-order valence-electron chi connectivity index (χ2n) is 6.00. The van der Waals surface area contributed by atoms with Crippen LogP contribution in [0.4, 0.5) is 0 Å². The van der Waals surface area contributed by atoms with Gasteiger partial charge in [-0.2, -0.15) is 0 Å². The molecule has 1 atom stereocenters. The maximum Gasteiger partial charge on any atom is 0.0376 e. The van der Waals surface area contributed by atoms with Gasteiger partial charge in [0.25, 0.3) is 0 Å². The summed E-state index contributed by atoms with van der Waals surface area (Å²) in [5.41, 5.74) is 6.56. The van der Waals surface area contributed by atoms with Gasteiger partial charge in [-0.15, -0.1) is 0 Å². The van der Waals surface area contributed by atoms with Crippen molar-refractivity contribution in [2.24, 2.45) is 0 Å². The van der Waals surface area contributed by atoms with Gasteiger partial charge in [-0.1, -0.05) is 42.3 Å². The number of nitrogens with zero attached hydrogens (tertiary/aromatic N) is 1. The molecule has 0 fully saturated rings. The standard InChI is InChI=1S/C19H26N2/c1-5-6-21-19(18-10-16(4)12-20-13-18)11-17-8-14(2)7-15(3)9-17/h7-10,12-13,19,21H,5-6,11H2,1-4H3. The highest BCUT2D eigenvalue weighted by atomic mass is 14.9. The van der Waals surface area contributed by atoms with E-state index in [4.69, 9.17) is 0 Å². The largest absolute Gasteiger partial charge is 0.310 e. The molecule has 0 saturated carbocycles. The van der Waals surface area contributed by atoms with Crippen LogP contribution in [0.15, 0.2) is 36.7 Å². The number of aromatic nitrogens is 1. The maximum atomic E-state index is 4.35. The molecular formula is C19H26N2. The van der Waals surface area contributed by atoms with Gasteiger partial charge in [0, 0.05) is 18.4 Å². The molecule has 0 bridgehead atoms. The molecule has 0 saturated heterocycles. The first kappa shape index (κ1) is 15.7. The zero-order valence-electron chi connectivity index (χ0n) is 13.6. The fourth-order valence-corrected chi connectivity index (χ4v) is 2.82. The fraction of sp³-hybridized carbons (Fsp3) is 0.421. The number of pyridine rings is 1. The Morgan fingerprint density at radius 1 is 0.952 bits per heavy atom. The van der Waals surface area contributed by atoms with Gasteiger partial charge in [0.15, 0.2) is 0 Å². The van der Waals surface area contributed by atoms with E-state index in [1.807, 2.05) is 12.4 Å². The van der Waals surface area contributed by atoms with Gasteiger partial charge in [0.05, 0.1) is 0 Å². The molecule has 1 heterocycles. The van der Waals surface area contributed by atoms with Gasteiger partial charge in [0.2, 0.25) is 0 Å². The molecule has 2 heteroatoms. The fourth-order valence-electron chi connectivity index (χ4n) is 2.82. The highest BCUT2D eigenvalue weighted by Gasteiger charge is 2.12. The maximum absolute atomic E-state index is 4.35. The van der Waals surface area contributed by atoms with Gasteiger partial charge >= 0.3 is 0 Å². The summed E-state index contributed by atoms with van der Waals surface area (Å²) in [6.07, 6.45) is 6.05. The minimum Gasteiger partial charge on any atom is -0.310 e. The van der Waals surface area contributed by atoms with Crippen LogP contribution in [0.3, 0.4) is 0 Å². The zero-order chi connectivity index (χ0) is 15.2. The first-order valence-electron chi connectivity index (χ1n) is 7.80. The molecule has 0 aliphatic heterocycles. The summed E-state index contributed by atoms with van der Waals surface area (Å²) >= 11 is 0. The van der Waals surface area contributed by atoms with Crippen molar-refractivity contribution >= 4 is 0 Å². The van der Waals surface area contributed by atoms with E-state index in [0.29, 0.717) is 6.04 Å². The van der Waals surface area contributed by atoms with Crippen LogP contribution < -0.4 is 5.32 Å². The quantitative estimate of drug-likeness (QED) is 0.855. The number of rotatable bonds is 6. The normalized spacial score (nSPS) is 12.4. The van der Waals surface area contributed by atoms with Crippen molar-refractivity contribution in [3.63, 3.8) is 0 Å². The molecule has 0 aliphatic carbocycles. The van der Waals surface area contributed by atoms with Gasteiger partial charge in [-0.25, -0.2) is 0 Å². The molecule has 2 rings (SSSR count). The molecule has 1 aromatic carbocycles. The van der Waals surface area contributed by atoms with Crippen LogP contribution in [-0.2, 0) is 6.42 Å². The predicted molar refractivity (Wildman–Crippen MR) is 89.6 cm³/mol. The van der Waals surface area contributed by atoms with Gasteiger partial charge < -0.3 is 5.32 Å². The predicted octanol–water partition coefficient (Wildman–Crippen LogP) is 4.29. The van der Waals surface area contributed by atoms with E-state index in [-0.39, 0.29) is 0 Å². The van der Waals surface area contributed by atoms with Gasteiger partial charge in [-0.05, 0) is 56.8 Å². The summed E-state index contributed by atoms with van der Waals surface area (Å²) < 4.78 is 0. The topological polar surface area (TPSA) is 24.9 Å². The summed E-state index contributed by atoms with van der Waals surface area (Å²) in [6, 6.07) is 9.38. The monoisotopic (exact) mass is 282 g/mol. The van der Waals surface area contributed by atoms with Crippen LogP contribution in [-0.4, -0.2) is 11.5 Å². The molecule has 0 amide bonds. The molecular weight excluding hydrogens is 256 g/mol. The Bertz CT molecular complexity index is 570. The number of benzene rings is 1. The smallest absolute Gasteiger partial charge is 0.0376 e. The van der Waals surface area contributed by atoms with E-state index in [1.54, 1.807) is 0 Å². The van der Waals surface area contributed by atoms with Gasteiger partial charge in [0.1, 0.15) is 0 Å². The van der Waals surface area contributed by atoms with Crippen molar-refractivity contribution in [1.82, 2.24) is 10.3 Å². The number of hydrogen-bond donors (Lipinski definition) is 1. The minimum absolute atomic E-state index is 0.332. The molecule has 2 nitrogen and oxygen atoms in total. The number of nitrogens with one attached hydrogen (secondary N) is 1. The minimum atomic E-state index is 0.332. The summed E-state index contributed by atoms with van der Waals surface area (Å²) in [7, 11) is 0. The lowest BCUT2D eigenvalue weighted by molar-refractivity contribution is 0.527. The second-order valence-corrected chi connectivity index (χ2v) is 6.00. The Morgan fingerprint density at radius 2 is 1.67 bits per heavy atom. The van der Waals surface area contributed by atoms with Crippen LogP contribution in [0, 0.1) is 20.8 Å². The molecule has 1 unspecified atom stereocenters. The third-order valence-corrected chi connectivity index (χ3v) is 3.66. The molecule has 21 heavy (non-hydrogen) atoms. The molecule has 0 aliphatic rings. The summed E-state index contributed by atoms with van der Waals surface area (Å²) in [5.74, 6) is 0. The average molecular weight is 282 g/mol. The summed E-state index contributed by atoms with van der Waals surface area (Å²) in [5, 5.41) is 3.66. The van der Waals surface area contributed by atoms with Crippen molar-refractivity contribution in [1.29, 1.82) is 0 Å². The van der Waals surface area contributed by atoms with E-state index < -0.39 is 0 Å². The molecule has 2 aromatic rings. The Kier molecular flexibility index (Phi) is 5.51. The summed E-state index contributed by atoms with van der Waals surface area (Å²) in [6.45, 7) is 9.67. The van der Waals surface area contributed by atoms with Crippen molar-refractivity contribution in [2.45, 2.75) is 46.6 Å². The highest BCUT2D eigenvalue weighted by molar-refractivity contribution is 5.31. The highest BCUT2D eigenvalue weighted by Crippen LogP contribution is 2.20. The lowest BCUT2D eigenvalue weighted by Gasteiger charge is -2.20. The first-order chi connectivity index (χ1) is 10.1. The Hall–Kier alpha value is -1.67. The van der Waals surface area contributed by atoms with Crippen LogP contribution in [0.25, 0.3) is 0 Å². The Balaban J connectivity index is 2.23. The third kappa shape index (κ3) is 4.68. The Labute approximate surface area is 128 Å². The molecule has 0 radical (unpaired) electrons.